The third kappa shape index (κ3) is 4.34. The number of fused-ring (bicyclic) bond motifs is 1. The van der Waals surface area contributed by atoms with Crippen molar-refractivity contribution >= 4 is 16.8 Å². The summed E-state index contributed by atoms with van der Waals surface area (Å²) in [5.41, 5.74) is 2.40. The van der Waals surface area contributed by atoms with E-state index in [1.165, 1.54) is 16.5 Å². The standard InChI is InChI=1S/C21H29N3O3/c1-26-11-2-9-23-10-7-17-4-3-16(13-19(17)23)15-24(18-5-6-18)21(25)20-14-22-8-12-27-20/h3-4,7,10,13,18,20,22H,2,5-6,8-9,11-12,14-15H2,1H3. The van der Waals surface area contributed by atoms with E-state index in [4.69, 9.17) is 9.47 Å². The predicted molar refractivity (Wildman–Crippen MR) is 105 cm³/mol. The summed E-state index contributed by atoms with van der Waals surface area (Å²) in [7, 11) is 1.74. The number of amides is 1. The molecular formula is C21H29N3O3. The number of hydrogen-bond donors (Lipinski definition) is 1. The van der Waals surface area contributed by atoms with E-state index in [2.05, 4.69) is 40.3 Å². The van der Waals surface area contributed by atoms with Gasteiger partial charge in [-0.2, -0.15) is 0 Å². The van der Waals surface area contributed by atoms with Gasteiger partial charge in [-0.05, 0) is 42.3 Å². The SMILES string of the molecule is COCCCn1ccc2ccc(CN(C(=O)C3CNCCO3)C3CC3)cc21. The first kappa shape index (κ1) is 18.5. The highest BCUT2D eigenvalue weighted by atomic mass is 16.5. The molecule has 0 spiro atoms. The van der Waals surface area contributed by atoms with E-state index in [0.29, 0.717) is 25.7 Å². The summed E-state index contributed by atoms with van der Waals surface area (Å²) < 4.78 is 13.1. The molecule has 1 atom stereocenters. The van der Waals surface area contributed by atoms with Gasteiger partial charge in [0.05, 0.1) is 6.61 Å². The average molecular weight is 371 g/mol. The van der Waals surface area contributed by atoms with E-state index >= 15 is 0 Å². The molecule has 4 rings (SSSR count). The third-order valence-corrected chi connectivity index (χ3v) is 5.41. The lowest BCUT2D eigenvalue weighted by atomic mass is 10.1. The molecule has 1 saturated heterocycles. The molecule has 1 aliphatic heterocycles. The van der Waals surface area contributed by atoms with Crippen molar-refractivity contribution in [3.05, 3.63) is 36.0 Å². The zero-order chi connectivity index (χ0) is 18.6. The second kappa shape index (κ2) is 8.42. The number of nitrogens with one attached hydrogen (secondary N) is 1. The van der Waals surface area contributed by atoms with E-state index in [1.54, 1.807) is 7.11 Å². The van der Waals surface area contributed by atoms with Gasteiger partial charge in [0.2, 0.25) is 0 Å². The van der Waals surface area contributed by atoms with Crippen LogP contribution in [-0.4, -0.2) is 60.9 Å². The molecular weight excluding hydrogens is 342 g/mol. The topological polar surface area (TPSA) is 55.7 Å². The Kier molecular flexibility index (Phi) is 5.76. The lowest BCUT2D eigenvalue weighted by Gasteiger charge is -2.30. The molecule has 2 heterocycles. The number of aryl methyl sites for hydroxylation is 1. The minimum atomic E-state index is -0.346. The summed E-state index contributed by atoms with van der Waals surface area (Å²) in [6, 6.07) is 9.05. The van der Waals surface area contributed by atoms with Gasteiger partial charge in [-0.1, -0.05) is 12.1 Å². The minimum absolute atomic E-state index is 0.125. The summed E-state index contributed by atoms with van der Waals surface area (Å²) in [6.45, 7) is 4.40. The molecule has 1 aliphatic carbocycles. The van der Waals surface area contributed by atoms with Crippen LogP contribution in [-0.2, 0) is 27.4 Å². The van der Waals surface area contributed by atoms with Gasteiger partial charge in [0.1, 0.15) is 6.10 Å². The molecule has 6 heteroatoms. The van der Waals surface area contributed by atoms with Crippen LogP contribution in [0.15, 0.2) is 30.5 Å². The summed E-state index contributed by atoms with van der Waals surface area (Å²) in [5, 5.41) is 4.50. The maximum absolute atomic E-state index is 13.0. The van der Waals surface area contributed by atoms with Crippen molar-refractivity contribution in [2.24, 2.45) is 0 Å². The van der Waals surface area contributed by atoms with Gasteiger partial charge < -0.3 is 24.3 Å². The molecule has 6 nitrogen and oxygen atoms in total. The van der Waals surface area contributed by atoms with Crippen LogP contribution in [0.1, 0.15) is 24.8 Å². The Labute approximate surface area is 160 Å². The zero-order valence-corrected chi connectivity index (χ0v) is 16.0. The Bertz CT molecular complexity index is 778. The van der Waals surface area contributed by atoms with Gasteiger partial charge in [0.15, 0.2) is 0 Å². The number of ether oxygens (including phenoxy) is 2. The van der Waals surface area contributed by atoms with E-state index in [1.807, 2.05) is 4.90 Å². The highest BCUT2D eigenvalue weighted by Gasteiger charge is 2.36. The number of rotatable bonds is 8. The van der Waals surface area contributed by atoms with Gasteiger partial charge in [-0.3, -0.25) is 4.79 Å². The molecule has 1 N–H and O–H groups in total. The number of carbonyl (C=O) groups excluding carboxylic acids is 1. The Hall–Kier alpha value is -1.89. The lowest BCUT2D eigenvalue weighted by molar-refractivity contribution is -0.146. The third-order valence-electron chi connectivity index (χ3n) is 5.41. The smallest absolute Gasteiger partial charge is 0.253 e. The number of aromatic nitrogens is 1. The molecule has 2 aromatic rings. The van der Waals surface area contributed by atoms with Crippen molar-refractivity contribution in [1.29, 1.82) is 0 Å². The first-order chi connectivity index (χ1) is 13.3. The number of benzene rings is 1. The van der Waals surface area contributed by atoms with Crippen molar-refractivity contribution < 1.29 is 14.3 Å². The first-order valence-electron chi connectivity index (χ1n) is 9.96. The van der Waals surface area contributed by atoms with Crippen LogP contribution in [0.4, 0.5) is 0 Å². The fourth-order valence-corrected chi connectivity index (χ4v) is 3.78. The number of morpholine rings is 1. The number of hydrogen-bond acceptors (Lipinski definition) is 4. The van der Waals surface area contributed by atoms with Crippen LogP contribution in [0.2, 0.25) is 0 Å². The van der Waals surface area contributed by atoms with Crippen LogP contribution in [0.5, 0.6) is 0 Å². The molecule has 1 aromatic carbocycles. The van der Waals surface area contributed by atoms with E-state index in [-0.39, 0.29) is 12.0 Å². The zero-order valence-electron chi connectivity index (χ0n) is 16.0. The van der Waals surface area contributed by atoms with E-state index in [0.717, 1.165) is 39.0 Å². The second-order valence-electron chi connectivity index (χ2n) is 7.51. The number of methoxy groups -OCH3 is 1. The van der Waals surface area contributed by atoms with Crippen molar-refractivity contribution in [2.75, 3.05) is 33.4 Å². The quantitative estimate of drug-likeness (QED) is 0.723. The second-order valence-corrected chi connectivity index (χ2v) is 7.51. The fourth-order valence-electron chi connectivity index (χ4n) is 3.78. The Morgan fingerprint density at radius 1 is 1.37 bits per heavy atom. The highest BCUT2D eigenvalue weighted by molar-refractivity contribution is 5.83. The van der Waals surface area contributed by atoms with E-state index < -0.39 is 0 Å². The Balaban J connectivity index is 1.50. The minimum Gasteiger partial charge on any atom is -0.385 e. The first-order valence-corrected chi connectivity index (χ1v) is 9.96. The van der Waals surface area contributed by atoms with Crippen LogP contribution in [0, 0.1) is 0 Å². The Morgan fingerprint density at radius 2 is 2.26 bits per heavy atom. The molecule has 1 saturated carbocycles. The Morgan fingerprint density at radius 3 is 3.00 bits per heavy atom. The molecule has 2 aliphatic rings. The van der Waals surface area contributed by atoms with Crippen LogP contribution in [0.25, 0.3) is 10.9 Å². The molecule has 1 aromatic heterocycles. The highest BCUT2D eigenvalue weighted by Crippen LogP contribution is 2.30. The van der Waals surface area contributed by atoms with Gasteiger partial charge in [-0.25, -0.2) is 0 Å². The fraction of sp³-hybridized carbons (Fsp3) is 0.571. The van der Waals surface area contributed by atoms with Crippen molar-refractivity contribution in [3.63, 3.8) is 0 Å². The van der Waals surface area contributed by atoms with Crippen molar-refractivity contribution in [1.82, 2.24) is 14.8 Å². The molecule has 1 amide bonds. The number of nitrogens with zero attached hydrogens (tertiary/aromatic N) is 2. The average Bonchev–Trinajstić information content (AvgIpc) is 3.47. The van der Waals surface area contributed by atoms with Crippen LogP contribution >= 0.6 is 0 Å². The number of carbonyl (C=O) groups is 1. The lowest BCUT2D eigenvalue weighted by Crippen LogP contribution is -2.49. The van der Waals surface area contributed by atoms with E-state index in [9.17, 15) is 4.79 Å². The van der Waals surface area contributed by atoms with Gasteiger partial charge in [0.25, 0.3) is 5.91 Å². The molecule has 0 radical (unpaired) electrons. The maximum atomic E-state index is 13.0. The maximum Gasteiger partial charge on any atom is 0.253 e. The van der Waals surface area contributed by atoms with Gasteiger partial charge in [-0.15, -0.1) is 0 Å². The molecule has 0 bridgehead atoms. The van der Waals surface area contributed by atoms with Crippen LogP contribution in [0.3, 0.4) is 0 Å². The monoisotopic (exact) mass is 371 g/mol. The van der Waals surface area contributed by atoms with Crippen LogP contribution < -0.4 is 5.32 Å². The summed E-state index contributed by atoms with van der Waals surface area (Å²) in [4.78, 5) is 15.0. The summed E-state index contributed by atoms with van der Waals surface area (Å²) >= 11 is 0. The molecule has 27 heavy (non-hydrogen) atoms. The van der Waals surface area contributed by atoms with Crippen molar-refractivity contribution in [3.8, 4) is 0 Å². The predicted octanol–water partition coefficient (Wildman–Crippen LogP) is 2.16. The molecule has 2 fully saturated rings. The van der Waals surface area contributed by atoms with Crippen molar-refractivity contribution in [2.45, 2.75) is 44.5 Å². The molecule has 146 valence electrons. The normalized spacial score (nSPS) is 20.1. The summed E-state index contributed by atoms with van der Waals surface area (Å²) in [5.74, 6) is 0.125. The van der Waals surface area contributed by atoms with Gasteiger partial charge >= 0.3 is 0 Å². The summed E-state index contributed by atoms with van der Waals surface area (Å²) in [6.07, 6.45) is 4.97. The van der Waals surface area contributed by atoms with Gasteiger partial charge in [0, 0.05) is 57.7 Å². The largest absolute Gasteiger partial charge is 0.385 e. The molecule has 1 unspecified atom stereocenters.